The lowest BCUT2D eigenvalue weighted by atomic mass is 10.0. The van der Waals surface area contributed by atoms with Crippen LogP contribution in [0.2, 0.25) is 0 Å². The van der Waals surface area contributed by atoms with E-state index in [9.17, 15) is 15.0 Å². The van der Waals surface area contributed by atoms with E-state index < -0.39 is 0 Å². The maximum absolute atomic E-state index is 13.1. The first-order chi connectivity index (χ1) is 15.0. The van der Waals surface area contributed by atoms with Crippen molar-refractivity contribution in [3.8, 4) is 5.75 Å². The van der Waals surface area contributed by atoms with Crippen molar-refractivity contribution >= 4 is 5.91 Å². The van der Waals surface area contributed by atoms with E-state index in [1.165, 1.54) is 0 Å². The molecule has 31 heavy (non-hydrogen) atoms. The van der Waals surface area contributed by atoms with Crippen molar-refractivity contribution in [3.05, 3.63) is 82.7 Å². The van der Waals surface area contributed by atoms with E-state index in [4.69, 9.17) is 0 Å². The van der Waals surface area contributed by atoms with Crippen LogP contribution in [0.15, 0.2) is 54.6 Å². The smallest absolute Gasteiger partial charge is 0.272 e. The highest BCUT2D eigenvalue weighted by molar-refractivity contribution is 5.94. The molecule has 2 heterocycles. The summed E-state index contributed by atoms with van der Waals surface area (Å²) in [5, 5.41) is 26.8. The van der Waals surface area contributed by atoms with Gasteiger partial charge in [-0.05, 0) is 30.2 Å². The summed E-state index contributed by atoms with van der Waals surface area (Å²) in [4.78, 5) is 15.4. The van der Waals surface area contributed by atoms with Crippen molar-refractivity contribution in [1.82, 2.24) is 20.0 Å². The van der Waals surface area contributed by atoms with Gasteiger partial charge in [0, 0.05) is 37.3 Å². The van der Waals surface area contributed by atoms with Crippen molar-refractivity contribution in [2.75, 3.05) is 13.2 Å². The molecule has 1 unspecified atom stereocenters. The summed E-state index contributed by atoms with van der Waals surface area (Å²) in [6, 6.07) is 16.9. The van der Waals surface area contributed by atoms with Crippen LogP contribution >= 0.6 is 0 Å². The van der Waals surface area contributed by atoms with E-state index in [2.05, 4.69) is 15.3 Å². The minimum absolute atomic E-state index is 0.0252. The van der Waals surface area contributed by atoms with E-state index in [0.29, 0.717) is 25.3 Å². The lowest BCUT2D eigenvalue weighted by Crippen LogP contribution is -2.33. The van der Waals surface area contributed by atoms with Crippen LogP contribution in [0.3, 0.4) is 0 Å². The van der Waals surface area contributed by atoms with Crippen molar-refractivity contribution in [1.29, 1.82) is 0 Å². The third-order valence-corrected chi connectivity index (χ3v) is 5.70. The van der Waals surface area contributed by atoms with Gasteiger partial charge in [0.15, 0.2) is 5.69 Å². The lowest BCUT2D eigenvalue weighted by Gasteiger charge is -2.28. The molecular formula is C24H28N4O3. The van der Waals surface area contributed by atoms with Crippen LogP contribution in [0.4, 0.5) is 0 Å². The molecule has 0 aliphatic carbocycles. The fourth-order valence-corrected chi connectivity index (χ4v) is 4.15. The largest absolute Gasteiger partial charge is 0.508 e. The maximum atomic E-state index is 13.1. The number of hydrogen-bond donors (Lipinski definition) is 3. The van der Waals surface area contributed by atoms with Crippen LogP contribution in [0.25, 0.3) is 0 Å². The summed E-state index contributed by atoms with van der Waals surface area (Å²) in [5.74, 6) is 0.0458. The zero-order valence-corrected chi connectivity index (χ0v) is 17.7. The molecule has 0 saturated carbocycles. The van der Waals surface area contributed by atoms with E-state index in [1.807, 2.05) is 49.4 Å². The van der Waals surface area contributed by atoms with Crippen LogP contribution < -0.4 is 5.32 Å². The number of aromatic hydroxyl groups is 1. The average molecular weight is 421 g/mol. The zero-order valence-electron chi connectivity index (χ0n) is 17.7. The number of benzene rings is 2. The van der Waals surface area contributed by atoms with Gasteiger partial charge in [-0.15, -0.1) is 0 Å². The molecule has 1 aliphatic rings. The van der Waals surface area contributed by atoms with Crippen molar-refractivity contribution in [2.45, 2.75) is 39.0 Å². The number of aliphatic hydroxyl groups is 1. The molecule has 0 radical (unpaired) electrons. The number of fused-ring (bicyclic) bond motifs is 1. The summed E-state index contributed by atoms with van der Waals surface area (Å²) in [5.41, 5.74) is 4.41. The van der Waals surface area contributed by atoms with Crippen molar-refractivity contribution in [2.24, 2.45) is 0 Å². The number of nitrogens with one attached hydrogen (secondary N) is 1. The maximum Gasteiger partial charge on any atom is 0.272 e. The molecule has 7 heteroatoms. The monoisotopic (exact) mass is 420 g/mol. The number of aromatic nitrogens is 2. The Labute approximate surface area is 181 Å². The zero-order chi connectivity index (χ0) is 21.8. The number of amides is 1. The number of aliphatic hydroxyl groups excluding tert-OH is 1. The molecule has 1 aliphatic heterocycles. The molecule has 0 fully saturated rings. The second-order valence-electron chi connectivity index (χ2n) is 7.96. The third kappa shape index (κ3) is 4.78. The molecule has 2 aromatic carbocycles. The highest BCUT2D eigenvalue weighted by atomic mass is 16.3. The number of phenols is 1. The second kappa shape index (κ2) is 9.32. The Morgan fingerprint density at radius 2 is 2.00 bits per heavy atom. The van der Waals surface area contributed by atoms with E-state index in [-0.39, 0.29) is 24.3 Å². The van der Waals surface area contributed by atoms with Crippen LogP contribution in [0, 0.1) is 0 Å². The fraction of sp³-hybridized carbons (Fsp3) is 0.333. The average Bonchev–Trinajstić information content (AvgIpc) is 3.12. The van der Waals surface area contributed by atoms with Crippen molar-refractivity contribution < 1.29 is 15.0 Å². The van der Waals surface area contributed by atoms with Crippen LogP contribution in [0.5, 0.6) is 5.75 Å². The van der Waals surface area contributed by atoms with E-state index >= 15 is 0 Å². The van der Waals surface area contributed by atoms with Gasteiger partial charge in [0.25, 0.3) is 5.91 Å². The summed E-state index contributed by atoms with van der Waals surface area (Å²) < 4.78 is 1.77. The minimum Gasteiger partial charge on any atom is -0.508 e. The van der Waals surface area contributed by atoms with Crippen LogP contribution in [-0.2, 0) is 26.1 Å². The number of nitrogens with zero attached hydrogens (tertiary/aromatic N) is 3. The Bertz CT molecular complexity index is 1050. The van der Waals surface area contributed by atoms with Gasteiger partial charge in [0.1, 0.15) is 5.75 Å². The predicted octanol–water partition coefficient (Wildman–Crippen LogP) is 2.63. The quantitative estimate of drug-likeness (QED) is 0.547. The molecule has 3 N–H and O–H groups in total. The molecule has 4 rings (SSSR count). The Hall–Kier alpha value is -3.16. The fourth-order valence-electron chi connectivity index (χ4n) is 4.15. The van der Waals surface area contributed by atoms with E-state index in [1.54, 1.807) is 16.8 Å². The predicted molar refractivity (Wildman–Crippen MR) is 118 cm³/mol. The first kappa shape index (κ1) is 21.1. The van der Waals surface area contributed by atoms with Gasteiger partial charge in [0.05, 0.1) is 19.2 Å². The van der Waals surface area contributed by atoms with Crippen molar-refractivity contribution in [3.63, 3.8) is 0 Å². The molecule has 3 aromatic rings. The summed E-state index contributed by atoms with van der Waals surface area (Å²) in [6.45, 7) is 4.40. The summed E-state index contributed by atoms with van der Waals surface area (Å²) in [6.07, 6.45) is 0.753. The SMILES string of the molecule is CC(NC(=O)c1nn(CCO)c2c1CN(Cc1cccc(O)c1)CC2)c1ccccc1. The van der Waals surface area contributed by atoms with Gasteiger partial charge in [-0.1, -0.05) is 42.5 Å². The number of rotatable bonds is 7. The molecule has 1 atom stereocenters. The first-order valence-corrected chi connectivity index (χ1v) is 10.6. The van der Waals surface area contributed by atoms with Crippen LogP contribution in [0.1, 0.15) is 45.8 Å². The van der Waals surface area contributed by atoms with Gasteiger partial charge in [0.2, 0.25) is 0 Å². The Morgan fingerprint density at radius 3 is 2.74 bits per heavy atom. The Morgan fingerprint density at radius 1 is 1.19 bits per heavy atom. The lowest BCUT2D eigenvalue weighted by molar-refractivity contribution is 0.0931. The minimum atomic E-state index is -0.205. The molecule has 0 bridgehead atoms. The topological polar surface area (TPSA) is 90.6 Å². The third-order valence-electron chi connectivity index (χ3n) is 5.70. The van der Waals surface area contributed by atoms with Crippen LogP contribution in [-0.4, -0.2) is 44.0 Å². The summed E-state index contributed by atoms with van der Waals surface area (Å²) >= 11 is 0. The van der Waals surface area contributed by atoms with Gasteiger partial charge in [-0.25, -0.2) is 0 Å². The molecule has 162 valence electrons. The number of phenolic OH excluding ortho intramolecular Hbond substituents is 1. The number of carbonyl (C=O) groups excluding carboxylic acids is 1. The highest BCUT2D eigenvalue weighted by Crippen LogP contribution is 2.25. The molecule has 1 amide bonds. The molecular weight excluding hydrogens is 392 g/mol. The van der Waals surface area contributed by atoms with E-state index in [0.717, 1.165) is 35.3 Å². The molecule has 0 saturated heterocycles. The Balaban J connectivity index is 1.55. The molecule has 1 aromatic heterocycles. The normalized spacial score (nSPS) is 14.8. The highest BCUT2D eigenvalue weighted by Gasteiger charge is 2.28. The molecule has 7 nitrogen and oxygen atoms in total. The molecule has 0 spiro atoms. The standard InChI is InChI=1S/C24H28N4O3/c1-17(19-7-3-2-4-8-19)25-24(31)23-21-16-27(15-18-6-5-9-20(30)14-18)11-10-22(21)28(26-23)12-13-29/h2-9,14,17,29-30H,10-13,15-16H2,1H3,(H,25,31). The summed E-state index contributed by atoms with van der Waals surface area (Å²) in [7, 11) is 0. The second-order valence-corrected chi connectivity index (χ2v) is 7.96. The van der Waals surface area contributed by atoms with Gasteiger partial charge >= 0.3 is 0 Å². The number of hydrogen-bond acceptors (Lipinski definition) is 5. The first-order valence-electron chi connectivity index (χ1n) is 10.6. The Kier molecular flexibility index (Phi) is 6.34. The number of carbonyl (C=O) groups is 1. The van der Waals surface area contributed by atoms with Gasteiger partial charge < -0.3 is 15.5 Å². The van der Waals surface area contributed by atoms with Gasteiger partial charge in [-0.3, -0.25) is 14.4 Å². The van der Waals surface area contributed by atoms with Gasteiger partial charge in [-0.2, -0.15) is 5.10 Å².